The molecule has 1 fully saturated rings. The van der Waals surface area contributed by atoms with E-state index in [0.29, 0.717) is 12.3 Å². The van der Waals surface area contributed by atoms with Crippen molar-refractivity contribution in [1.82, 2.24) is 20.1 Å². The number of aromatic nitrogens is 3. The molecule has 0 spiro atoms. The Morgan fingerprint density at radius 2 is 2.19 bits per heavy atom. The van der Waals surface area contributed by atoms with E-state index in [9.17, 15) is 4.79 Å². The van der Waals surface area contributed by atoms with Gasteiger partial charge in [0.1, 0.15) is 5.82 Å². The molecular formula is C19H26N4O2S. The Morgan fingerprint density at radius 1 is 1.35 bits per heavy atom. The third-order valence-electron chi connectivity index (χ3n) is 4.33. The second-order valence-electron chi connectivity index (χ2n) is 6.44. The number of hydrogen-bond donors (Lipinski definition) is 1. The summed E-state index contributed by atoms with van der Waals surface area (Å²) in [6, 6.07) is 10.3. The molecule has 0 bridgehead atoms. The highest BCUT2D eigenvalue weighted by Crippen LogP contribution is 2.19. The van der Waals surface area contributed by atoms with Crippen LogP contribution < -0.4 is 5.32 Å². The number of nitrogens with one attached hydrogen (secondary N) is 1. The van der Waals surface area contributed by atoms with Gasteiger partial charge < -0.3 is 14.6 Å². The number of ether oxygens (including phenoxy) is 1. The van der Waals surface area contributed by atoms with Gasteiger partial charge in [-0.15, -0.1) is 10.2 Å². The van der Waals surface area contributed by atoms with Crippen LogP contribution in [0.2, 0.25) is 0 Å². The number of rotatable bonds is 9. The van der Waals surface area contributed by atoms with Gasteiger partial charge >= 0.3 is 0 Å². The fourth-order valence-electron chi connectivity index (χ4n) is 3.00. The number of amides is 1. The molecule has 1 atom stereocenters. The van der Waals surface area contributed by atoms with Crippen LogP contribution >= 0.6 is 11.8 Å². The highest BCUT2D eigenvalue weighted by Gasteiger charge is 2.17. The maximum atomic E-state index is 12.1. The summed E-state index contributed by atoms with van der Waals surface area (Å²) in [5.41, 5.74) is 1.21. The first-order chi connectivity index (χ1) is 12.8. The van der Waals surface area contributed by atoms with Crippen LogP contribution in [0.25, 0.3) is 0 Å². The number of benzene rings is 1. The van der Waals surface area contributed by atoms with Gasteiger partial charge in [-0.3, -0.25) is 4.79 Å². The Hall–Kier alpha value is -1.86. The Morgan fingerprint density at radius 3 is 2.92 bits per heavy atom. The summed E-state index contributed by atoms with van der Waals surface area (Å²) < 4.78 is 7.66. The highest BCUT2D eigenvalue weighted by molar-refractivity contribution is 7.99. The molecule has 2 aromatic rings. The van der Waals surface area contributed by atoms with Gasteiger partial charge in [0, 0.05) is 26.1 Å². The van der Waals surface area contributed by atoms with Crippen molar-refractivity contribution >= 4 is 17.7 Å². The van der Waals surface area contributed by atoms with E-state index in [-0.39, 0.29) is 12.0 Å². The zero-order valence-corrected chi connectivity index (χ0v) is 16.0. The average molecular weight is 375 g/mol. The maximum Gasteiger partial charge on any atom is 0.230 e. The lowest BCUT2D eigenvalue weighted by atomic mass is 10.1. The molecule has 0 unspecified atom stereocenters. The van der Waals surface area contributed by atoms with E-state index in [4.69, 9.17) is 4.74 Å². The topological polar surface area (TPSA) is 69.0 Å². The van der Waals surface area contributed by atoms with Crippen molar-refractivity contribution in [3.8, 4) is 0 Å². The zero-order valence-electron chi connectivity index (χ0n) is 15.2. The van der Waals surface area contributed by atoms with Gasteiger partial charge in [-0.25, -0.2) is 0 Å². The highest BCUT2D eigenvalue weighted by atomic mass is 32.2. The summed E-state index contributed by atoms with van der Waals surface area (Å²) in [4.78, 5) is 12.1. The molecule has 7 heteroatoms. The van der Waals surface area contributed by atoms with Crippen molar-refractivity contribution in [1.29, 1.82) is 0 Å². The lowest BCUT2D eigenvalue weighted by Gasteiger charge is -2.11. The number of carbonyl (C=O) groups excluding carboxylic acids is 1. The third kappa shape index (κ3) is 5.32. The van der Waals surface area contributed by atoms with Crippen molar-refractivity contribution in [3.05, 3.63) is 41.7 Å². The van der Waals surface area contributed by atoms with E-state index in [2.05, 4.69) is 39.1 Å². The van der Waals surface area contributed by atoms with Crippen molar-refractivity contribution < 1.29 is 9.53 Å². The Balaban J connectivity index is 1.55. The van der Waals surface area contributed by atoms with Crippen LogP contribution in [0.15, 0.2) is 35.5 Å². The van der Waals surface area contributed by atoms with Gasteiger partial charge in [-0.2, -0.15) is 0 Å². The van der Waals surface area contributed by atoms with E-state index in [1.165, 1.54) is 17.3 Å². The molecule has 1 aromatic heterocycles. The van der Waals surface area contributed by atoms with E-state index >= 15 is 0 Å². The molecule has 1 aromatic carbocycles. The van der Waals surface area contributed by atoms with Gasteiger partial charge in [0.25, 0.3) is 0 Å². The Kier molecular flexibility index (Phi) is 7.08. The fraction of sp³-hybridized carbons (Fsp3) is 0.526. The average Bonchev–Trinajstić information content (AvgIpc) is 3.30. The molecular weight excluding hydrogens is 348 g/mol. The van der Waals surface area contributed by atoms with E-state index in [0.717, 1.165) is 49.8 Å². The van der Waals surface area contributed by atoms with Crippen LogP contribution in [-0.2, 0) is 22.5 Å². The van der Waals surface area contributed by atoms with Crippen LogP contribution in [0, 0.1) is 0 Å². The second-order valence-corrected chi connectivity index (χ2v) is 7.38. The third-order valence-corrected chi connectivity index (χ3v) is 5.30. The van der Waals surface area contributed by atoms with Crippen LogP contribution in [0.1, 0.15) is 37.6 Å². The first-order valence-corrected chi connectivity index (χ1v) is 10.2. The molecule has 0 aliphatic carbocycles. The predicted octanol–water partition coefficient (Wildman–Crippen LogP) is 2.67. The summed E-state index contributed by atoms with van der Waals surface area (Å²) >= 11 is 1.45. The van der Waals surface area contributed by atoms with Gasteiger partial charge in [0.2, 0.25) is 5.91 Å². The van der Waals surface area contributed by atoms with Crippen LogP contribution in [0.5, 0.6) is 0 Å². The van der Waals surface area contributed by atoms with Gasteiger partial charge in [-0.1, -0.05) is 49.0 Å². The largest absolute Gasteiger partial charge is 0.376 e. The molecule has 1 aliphatic rings. The molecule has 2 heterocycles. The minimum atomic E-state index is 0.0150. The minimum absolute atomic E-state index is 0.0150. The molecule has 0 saturated carbocycles. The molecule has 3 rings (SSSR count). The molecule has 6 nitrogen and oxygen atoms in total. The number of nitrogens with zero attached hydrogens (tertiary/aromatic N) is 3. The molecule has 26 heavy (non-hydrogen) atoms. The van der Waals surface area contributed by atoms with E-state index in [1.807, 2.05) is 18.2 Å². The Bertz CT molecular complexity index is 699. The monoisotopic (exact) mass is 374 g/mol. The summed E-state index contributed by atoms with van der Waals surface area (Å²) in [7, 11) is 0. The quantitative estimate of drug-likeness (QED) is 0.684. The van der Waals surface area contributed by atoms with Crippen molar-refractivity contribution in [2.24, 2.45) is 0 Å². The zero-order chi connectivity index (χ0) is 18.2. The van der Waals surface area contributed by atoms with Gasteiger partial charge in [-0.05, 0) is 24.8 Å². The minimum Gasteiger partial charge on any atom is -0.376 e. The standard InChI is InChI=1S/C19H26N4O2S/c1-2-10-23-17(12-15-7-4-3-5-8-15)21-22-19(23)26-14-18(24)20-13-16-9-6-11-25-16/h3-5,7-8,16H,2,6,9-14H2,1H3,(H,20,24)/t16-/m0/s1. The van der Waals surface area contributed by atoms with Crippen LogP contribution in [0.3, 0.4) is 0 Å². The summed E-state index contributed by atoms with van der Waals surface area (Å²) in [6.45, 7) is 4.39. The molecule has 140 valence electrons. The van der Waals surface area contributed by atoms with Gasteiger partial charge in [0.05, 0.1) is 11.9 Å². The van der Waals surface area contributed by atoms with E-state index < -0.39 is 0 Å². The Labute approximate surface area is 158 Å². The van der Waals surface area contributed by atoms with Gasteiger partial charge in [0.15, 0.2) is 5.16 Å². The number of hydrogen-bond acceptors (Lipinski definition) is 5. The number of carbonyl (C=O) groups is 1. The molecule has 1 amide bonds. The van der Waals surface area contributed by atoms with Crippen LogP contribution in [-0.4, -0.2) is 45.7 Å². The number of thioether (sulfide) groups is 1. The van der Waals surface area contributed by atoms with Crippen molar-refractivity contribution in [3.63, 3.8) is 0 Å². The molecule has 1 aliphatic heterocycles. The van der Waals surface area contributed by atoms with E-state index in [1.54, 1.807) is 0 Å². The second kappa shape index (κ2) is 9.73. The smallest absolute Gasteiger partial charge is 0.230 e. The predicted molar refractivity (Wildman–Crippen MR) is 102 cm³/mol. The van der Waals surface area contributed by atoms with Crippen molar-refractivity contribution in [2.45, 2.75) is 50.4 Å². The maximum absolute atomic E-state index is 12.1. The summed E-state index contributed by atoms with van der Waals surface area (Å²) in [5, 5.41) is 12.4. The lowest BCUT2D eigenvalue weighted by molar-refractivity contribution is -0.119. The SMILES string of the molecule is CCCn1c(Cc2ccccc2)nnc1SCC(=O)NC[C@@H]1CCCO1. The molecule has 1 N–H and O–H groups in total. The summed E-state index contributed by atoms with van der Waals surface area (Å²) in [5.74, 6) is 1.31. The van der Waals surface area contributed by atoms with Crippen molar-refractivity contribution in [2.75, 3.05) is 18.9 Å². The first kappa shape index (κ1) is 18.9. The normalized spacial score (nSPS) is 16.7. The fourth-order valence-corrected chi connectivity index (χ4v) is 3.81. The summed E-state index contributed by atoms with van der Waals surface area (Å²) in [6.07, 6.45) is 4.03. The van der Waals surface area contributed by atoms with Crippen LogP contribution in [0.4, 0.5) is 0 Å². The lowest BCUT2D eigenvalue weighted by Crippen LogP contribution is -2.32. The molecule has 0 radical (unpaired) electrons. The molecule has 1 saturated heterocycles. The first-order valence-electron chi connectivity index (χ1n) is 9.23.